The van der Waals surface area contributed by atoms with E-state index < -0.39 is 16.4 Å². The van der Waals surface area contributed by atoms with Gasteiger partial charge in [0.25, 0.3) is 10.1 Å². The molecule has 6 nitrogen and oxygen atoms in total. The molecule has 0 aliphatic heterocycles. The minimum Gasteiger partial charge on any atom is -0.491 e. The maximum absolute atomic E-state index is 12.1. The molecule has 0 heterocycles. The van der Waals surface area contributed by atoms with E-state index in [2.05, 4.69) is 0 Å². The fourth-order valence-electron chi connectivity index (χ4n) is 1.62. The minimum absolute atomic E-state index is 0.0343. The summed E-state index contributed by atoms with van der Waals surface area (Å²) < 4.78 is 44.7. The minimum atomic E-state index is -3.89. The van der Waals surface area contributed by atoms with Crippen molar-refractivity contribution in [3.05, 3.63) is 23.8 Å². The number of benzene rings is 1. The second kappa shape index (κ2) is 8.33. The molecule has 21 heavy (non-hydrogen) atoms. The van der Waals surface area contributed by atoms with Crippen LogP contribution in [0.2, 0.25) is 0 Å². The average molecular weight is 318 g/mol. The fraction of sp³-hybridized carbons (Fsp3) is 0.571. The molecule has 1 aromatic carbocycles. The molecule has 1 unspecified atom stereocenters. The molecular formula is C14H22O6S. The second-order valence-corrected chi connectivity index (χ2v) is 5.91. The van der Waals surface area contributed by atoms with Gasteiger partial charge in [-0.1, -0.05) is 6.07 Å². The van der Waals surface area contributed by atoms with Crippen LogP contribution in [0, 0.1) is 6.92 Å². The Kier molecular flexibility index (Phi) is 7.10. The molecule has 0 aliphatic rings. The summed E-state index contributed by atoms with van der Waals surface area (Å²) in [6.45, 7) is 6.27. The first-order valence-electron chi connectivity index (χ1n) is 6.68. The summed E-state index contributed by atoms with van der Waals surface area (Å²) in [5.74, 6) is 0.487. The van der Waals surface area contributed by atoms with Crippen molar-refractivity contribution < 1.29 is 26.8 Å². The van der Waals surface area contributed by atoms with Crippen molar-refractivity contribution in [2.75, 3.05) is 26.9 Å². The highest BCUT2D eigenvalue weighted by molar-refractivity contribution is 7.86. The van der Waals surface area contributed by atoms with Crippen LogP contribution < -0.4 is 4.74 Å². The van der Waals surface area contributed by atoms with Crippen LogP contribution in [-0.2, 0) is 23.8 Å². The van der Waals surface area contributed by atoms with Gasteiger partial charge in [0.05, 0.1) is 11.5 Å². The van der Waals surface area contributed by atoms with E-state index in [-0.39, 0.29) is 4.90 Å². The van der Waals surface area contributed by atoms with Gasteiger partial charge in [-0.15, -0.1) is 0 Å². The topological polar surface area (TPSA) is 71.1 Å². The smallest absolute Gasteiger partial charge is 0.299 e. The Balaban J connectivity index is 2.89. The highest BCUT2D eigenvalue weighted by atomic mass is 32.2. The van der Waals surface area contributed by atoms with E-state index in [0.29, 0.717) is 25.6 Å². The average Bonchev–Trinajstić information content (AvgIpc) is 2.40. The van der Waals surface area contributed by atoms with Crippen molar-refractivity contribution >= 4 is 10.1 Å². The lowest BCUT2D eigenvalue weighted by molar-refractivity contribution is -0.0572. The van der Waals surface area contributed by atoms with Gasteiger partial charge in [-0.25, -0.2) is 4.18 Å². The Morgan fingerprint density at radius 1 is 1.24 bits per heavy atom. The van der Waals surface area contributed by atoms with Crippen LogP contribution in [0.5, 0.6) is 5.75 Å². The SMILES string of the molecule is CCOC(C)OS(=O)(=O)c1ccc(C)c(OCCOC)c1. The van der Waals surface area contributed by atoms with Crippen molar-refractivity contribution in [2.24, 2.45) is 0 Å². The highest BCUT2D eigenvalue weighted by Crippen LogP contribution is 2.24. The van der Waals surface area contributed by atoms with Crippen LogP contribution in [0.4, 0.5) is 0 Å². The van der Waals surface area contributed by atoms with Gasteiger partial charge < -0.3 is 14.2 Å². The lowest BCUT2D eigenvalue weighted by Crippen LogP contribution is -2.18. The van der Waals surface area contributed by atoms with E-state index in [9.17, 15) is 8.42 Å². The van der Waals surface area contributed by atoms with E-state index in [1.54, 1.807) is 20.1 Å². The Bertz CT molecular complexity index is 540. The van der Waals surface area contributed by atoms with Crippen molar-refractivity contribution in [3.8, 4) is 5.75 Å². The summed E-state index contributed by atoms with van der Waals surface area (Å²) in [5, 5.41) is 0. The molecule has 0 amide bonds. The van der Waals surface area contributed by atoms with Crippen LogP contribution in [0.1, 0.15) is 19.4 Å². The zero-order chi connectivity index (χ0) is 15.9. The maximum atomic E-state index is 12.1. The first-order valence-corrected chi connectivity index (χ1v) is 8.08. The summed E-state index contributed by atoms with van der Waals surface area (Å²) in [5.41, 5.74) is 0.836. The molecule has 7 heteroatoms. The van der Waals surface area contributed by atoms with Crippen LogP contribution in [0.25, 0.3) is 0 Å². The molecule has 0 saturated heterocycles. The van der Waals surface area contributed by atoms with E-state index in [4.69, 9.17) is 18.4 Å². The molecule has 0 aliphatic carbocycles. The van der Waals surface area contributed by atoms with Gasteiger partial charge in [0.2, 0.25) is 0 Å². The maximum Gasteiger partial charge on any atom is 0.299 e. The molecule has 0 spiro atoms. The summed E-state index contributed by atoms with van der Waals surface area (Å²) >= 11 is 0. The number of rotatable bonds is 9. The quantitative estimate of drug-likeness (QED) is 0.394. The fourth-order valence-corrected chi connectivity index (χ4v) is 2.63. The predicted octanol–water partition coefficient (Wildman–Crippen LogP) is 2.11. The molecule has 0 saturated carbocycles. The third-order valence-electron chi connectivity index (χ3n) is 2.66. The Morgan fingerprint density at radius 3 is 2.57 bits per heavy atom. The number of aryl methyl sites for hydroxylation is 1. The standard InChI is InChI=1S/C14H22O6S/c1-5-18-12(3)20-21(15,16)13-7-6-11(2)14(10-13)19-9-8-17-4/h6-7,10,12H,5,8-9H2,1-4H3. The Morgan fingerprint density at radius 2 is 1.95 bits per heavy atom. The number of hydrogen-bond donors (Lipinski definition) is 0. The largest absolute Gasteiger partial charge is 0.491 e. The third kappa shape index (κ3) is 5.62. The van der Waals surface area contributed by atoms with Gasteiger partial charge in [-0.2, -0.15) is 8.42 Å². The van der Waals surface area contributed by atoms with Gasteiger partial charge in [-0.3, -0.25) is 0 Å². The first kappa shape index (κ1) is 17.9. The molecule has 1 rings (SSSR count). The normalized spacial score (nSPS) is 13.1. The van der Waals surface area contributed by atoms with Crippen LogP contribution in [0.3, 0.4) is 0 Å². The molecule has 0 aromatic heterocycles. The van der Waals surface area contributed by atoms with Gasteiger partial charge in [0.15, 0.2) is 6.29 Å². The van der Waals surface area contributed by atoms with Crippen LogP contribution in [0.15, 0.2) is 23.1 Å². The third-order valence-corrected chi connectivity index (χ3v) is 4.01. The van der Waals surface area contributed by atoms with Crippen LogP contribution >= 0.6 is 0 Å². The lowest BCUT2D eigenvalue weighted by atomic mass is 10.2. The summed E-state index contributed by atoms with van der Waals surface area (Å²) in [4.78, 5) is 0.0343. The molecule has 1 atom stereocenters. The summed E-state index contributed by atoms with van der Waals surface area (Å²) in [6.07, 6.45) is -0.834. The molecule has 1 aromatic rings. The lowest BCUT2D eigenvalue weighted by Gasteiger charge is -2.14. The van der Waals surface area contributed by atoms with E-state index >= 15 is 0 Å². The van der Waals surface area contributed by atoms with Crippen molar-refractivity contribution in [1.29, 1.82) is 0 Å². The number of hydrogen-bond acceptors (Lipinski definition) is 6. The summed E-state index contributed by atoms with van der Waals surface area (Å²) in [7, 11) is -2.32. The van der Waals surface area contributed by atoms with E-state index in [1.165, 1.54) is 19.1 Å². The van der Waals surface area contributed by atoms with Gasteiger partial charge in [-0.05, 0) is 32.4 Å². The van der Waals surface area contributed by atoms with E-state index in [1.807, 2.05) is 6.92 Å². The number of ether oxygens (including phenoxy) is 3. The zero-order valence-electron chi connectivity index (χ0n) is 12.8. The van der Waals surface area contributed by atoms with Crippen molar-refractivity contribution in [2.45, 2.75) is 32.0 Å². The van der Waals surface area contributed by atoms with Gasteiger partial charge >= 0.3 is 0 Å². The van der Waals surface area contributed by atoms with Crippen LogP contribution in [-0.4, -0.2) is 41.6 Å². The molecule has 0 radical (unpaired) electrons. The Labute approximate surface area is 126 Å². The summed E-state index contributed by atoms with van der Waals surface area (Å²) in [6, 6.07) is 4.59. The highest BCUT2D eigenvalue weighted by Gasteiger charge is 2.20. The predicted molar refractivity (Wildman–Crippen MR) is 77.9 cm³/mol. The van der Waals surface area contributed by atoms with E-state index in [0.717, 1.165) is 5.56 Å². The molecule has 0 bridgehead atoms. The zero-order valence-corrected chi connectivity index (χ0v) is 13.6. The molecule has 0 N–H and O–H groups in total. The van der Waals surface area contributed by atoms with Gasteiger partial charge in [0, 0.05) is 19.8 Å². The first-order chi connectivity index (χ1) is 9.90. The number of methoxy groups -OCH3 is 1. The molecule has 120 valence electrons. The second-order valence-electron chi connectivity index (χ2n) is 4.34. The monoisotopic (exact) mass is 318 g/mol. The van der Waals surface area contributed by atoms with Crippen molar-refractivity contribution in [1.82, 2.24) is 0 Å². The molecular weight excluding hydrogens is 296 g/mol. The van der Waals surface area contributed by atoms with Crippen molar-refractivity contribution in [3.63, 3.8) is 0 Å². The molecule has 0 fully saturated rings. The Hall–Kier alpha value is -1.15. The van der Waals surface area contributed by atoms with Gasteiger partial charge in [0.1, 0.15) is 12.4 Å².